The van der Waals surface area contributed by atoms with E-state index in [2.05, 4.69) is 15.3 Å². The molecule has 1 aliphatic rings. The van der Waals surface area contributed by atoms with Crippen molar-refractivity contribution in [3.05, 3.63) is 77.9 Å². The Hall–Kier alpha value is -4.92. The maximum Gasteiger partial charge on any atom is 0.291 e. The van der Waals surface area contributed by atoms with Gasteiger partial charge in [-0.15, -0.1) is 0 Å². The summed E-state index contributed by atoms with van der Waals surface area (Å²) in [5, 5.41) is 4.74. The van der Waals surface area contributed by atoms with E-state index in [1.165, 1.54) is 0 Å². The minimum Gasteiger partial charge on any atom is -0.366 e. The molecule has 5 aromatic rings. The molecule has 9 nitrogen and oxygen atoms in total. The highest BCUT2D eigenvalue weighted by Gasteiger charge is 2.24. The third-order valence-corrected chi connectivity index (χ3v) is 7.28. The normalized spacial score (nSPS) is 13.5. The first kappa shape index (κ1) is 23.5. The van der Waals surface area contributed by atoms with Gasteiger partial charge in [-0.25, -0.2) is 4.98 Å². The molecule has 6 rings (SSSR count). The molecule has 0 atom stereocenters. The maximum absolute atomic E-state index is 12.8. The Bertz CT molecular complexity index is 1780. The third kappa shape index (κ3) is 3.71. The number of aromatic nitrogens is 3. The van der Waals surface area contributed by atoms with Gasteiger partial charge < -0.3 is 25.5 Å². The molecule has 0 unspecified atom stereocenters. The van der Waals surface area contributed by atoms with Crippen LogP contribution in [-0.2, 0) is 11.8 Å². The predicted octanol–water partition coefficient (Wildman–Crippen LogP) is 4.51. The summed E-state index contributed by atoms with van der Waals surface area (Å²) in [6.07, 6.45) is 4.69. The number of anilines is 2. The van der Waals surface area contributed by atoms with Crippen LogP contribution in [0.5, 0.6) is 0 Å². The first-order valence-electron chi connectivity index (χ1n) is 12.4. The fraction of sp³-hybridized carbons (Fsp3) is 0.172. The second kappa shape index (κ2) is 8.88. The van der Waals surface area contributed by atoms with Crippen LogP contribution in [0.2, 0.25) is 0 Å². The van der Waals surface area contributed by atoms with E-state index in [-0.39, 0.29) is 11.8 Å². The van der Waals surface area contributed by atoms with Crippen molar-refractivity contribution in [3.63, 3.8) is 0 Å². The van der Waals surface area contributed by atoms with Gasteiger partial charge in [0, 0.05) is 60.1 Å². The average molecular weight is 507 g/mol. The smallest absolute Gasteiger partial charge is 0.291 e. The Balaban J connectivity index is 1.50. The summed E-state index contributed by atoms with van der Waals surface area (Å²) in [7, 11) is 1.77. The van der Waals surface area contributed by atoms with Gasteiger partial charge in [0.1, 0.15) is 0 Å². The van der Waals surface area contributed by atoms with E-state index in [1.54, 1.807) is 35.0 Å². The van der Waals surface area contributed by atoms with Crippen LogP contribution in [0.25, 0.3) is 32.9 Å². The first-order chi connectivity index (χ1) is 18.3. The lowest BCUT2D eigenvalue weighted by Crippen LogP contribution is -2.23. The molecular formula is C29H26N6O3. The second-order valence-electron chi connectivity index (χ2n) is 9.57. The molecule has 3 amide bonds. The first-order valence-corrected chi connectivity index (χ1v) is 12.4. The highest BCUT2D eigenvalue weighted by Crippen LogP contribution is 2.40. The zero-order chi connectivity index (χ0) is 26.6. The van der Waals surface area contributed by atoms with Gasteiger partial charge in [-0.05, 0) is 54.3 Å². The highest BCUT2D eigenvalue weighted by molar-refractivity contribution is 6.20. The van der Waals surface area contributed by atoms with Crippen molar-refractivity contribution in [2.45, 2.75) is 19.8 Å². The number of hydrogen-bond donors (Lipinski definition) is 3. The topological polar surface area (TPSA) is 126 Å². The quantitative estimate of drug-likeness (QED) is 0.324. The Morgan fingerprint density at radius 3 is 2.66 bits per heavy atom. The molecule has 0 saturated carbocycles. The number of carbonyl (C=O) groups is 3. The number of aryl methyl sites for hydroxylation is 1. The fourth-order valence-electron chi connectivity index (χ4n) is 5.34. The highest BCUT2D eigenvalue weighted by atomic mass is 16.2. The molecular weight excluding hydrogens is 480 g/mol. The number of primary amides is 1. The summed E-state index contributed by atoms with van der Waals surface area (Å²) in [5.41, 5.74) is 11.7. The lowest BCUT2D eigenvalue weighted by atomic mass is 9.93. The van der Waals surface area contributed by atoms with Gasteiger partial charge >= 0.3 is 0 Å². The number of amides is 3. The van der Waals surface area contributed by atoms with E-state index in [0.29, 0.717) is 35.6 Å². The Kier molecular flexibility index (Phi) is 5.48. The molecule has 1 fully saturated rings. The number of rotatable bonds is 5. The van der Waals surface area contributed by atoms with E-state index in [4.69, 9.17) is 5.73 Å². The molecule has 2 aromatic heterocycles. The molecule has 1 saturated heterocycles. The van der Waals surface area contributed by atoms with Crippen molar-refractivity contribution in [2.24, 2.45) is 12.8 Å². The number of H-pyrrole nitrogens is 1. The molecule has 0 radical (unpaired) electrons. The van der Waals surface area contributed by atoms with E-state index >= 15 is 0 Å². The minimum atomic E-state index is -0.532. The van der Waals surface area contributed by atoms with Gasteiger partial charge in [0.25, 0.3) is 11.8 Å². The molecule has 4 N–H and O–H groups in total. The van der Waals surface area contributed by atoms with E-state index in [1.807, 2.05) is 49.4 Å². The number of nitrogens with two attached hydrogens (primary N) is 1. The van der Waals surface area contributed by atoms with Crippen molar-refractivity contribution in [3.8, 4) is 11.1 Å². The number of nitrogens with zero attached hydrogens (tertiary/aromatic N) is 3. The summed E-state index contributed by atoms with van der Waals surface area (Å²) in [5.74, 6) is -0.412. The Morgan fingerprint density at radius 2 is 1.95 bits per heavy atom. The number of fused-ring (bicyclic) bond motifs is 3. The standard InChI is InChI=1S/C29H26N6O3/c1-16-18(5-3-6-22(16)33-29(38)28-31-12-14-34(28)2)19-10-11-21(27(30)37)26-25(19)20-9-8-17(15-23(20)32-26)35-13-4-7-24(35)36/h3,5-6,8-12,14-15,32H,4,7,13H2,1-2H3,(H2,30,37)(H,33,38). The fourth-order valence-corrected chi connectivity index (χ4v) is 5.34. The predicted molar refractivity (Wildman–Crippen MR) is 147 cm³/mol. The van der Waals surface area contributed by atoms with Crippen molar-refractivity contribution in [2.75, 3.05) is 16.8 Å². The maximum atomic E-state index is 12.8. The van der Waals surface area contributed by atoms with Gasteiger partial charge in [0.2, 0.25) is 5.91 Å². The van der Waals surface area contributed by atoms with Crippen LogP contribution >= 0.6 is 0 Å². The SMILES string of the molecule is Cc1c(NC(=O)c2nccn2C)cccc1-c1ccc(C(N)=O)c2[nH]c3cc(N4CCCC4=O)ccc3c12. The van der Waals surface area contributed by atoms with E-state index < -0.39 is 5.91 Å². The average Bonchev–Trinajstić information content (AvgIpc) is 3.62. The Morgan fingerprint density at radius 1 is 1.11 bits per heavy atom. The van der Waals surface area contributed by atoms with Gasteiger partial charge in [-0.3, -0.25) is 14.4 Å². The number of nitrogens with one attached hydrogen (secondary N) is 2. The van der Waals surface area contributed by atoms with Gasteiger partial charge in [0.15, 0.2) is 5.82 Å². The van der Waals surface area contributed by atoms with Crippen molar-refractivity contribution < 1.29 is 14.4 Å². The van der Waals surface area contributed by atoms with Gasteiger partial charge in [-0.1, -0.05) is 24.3 Å². The molecule has 3 heterocycles. The van der Waals surface area contributed by atoms with Gasteiger partial charge in [-0.2, -0.15) is 0 Å². The summed E-state index contributed by atoms with van der Waals surface area (Å²) in [4.78, 5) is 46.8. The number of hydrogen-bond acceptors (Lipinski definition) is 4. The molecule has 0 aliphatic carbocycles. The summed E-state index contributed by atoms with van der Waals surface area (Å²) in [6.45, 7) is 2.64. The van der Waals surface area contributed by atoms with Crippen LogP contribution in [0.3, 0.4) is 0 Å². The van der Waals surface area contributed by atoms with Crippen LogP contribution < -0.4 is 16.0 Å². The molecule has 38 heavy (non-hydrogen) atoms. The summed E-state index contributed by atoms with van der Waals surface area (Å²) < 4.78 is 1.66. The molecule has 3 aromatic carbocycles. The number of benzene rings is 3. The number of aromatic amines is 1. The largest absolute Gasteiger partial charge is 0.366 e. The minimum absolute atomic E-state index is 0.110. The van der Waals surface area contributed by atoms with E-state index in [9.17, 15) is 14.4 Å². The van der Waals surface area contributed by atoms with Crippen LogP contribution in [0.1, 0.15) is 39.4 Å². The van der Waals surface area contributed by atoms with Crippen LogP contribution in [0.15, 0.2) is 60.9 Å². The molecule has 0 bridgehead atoms. The monoisotopic (exact) mass is 506 g/mol. The van der Waals surface area contributed by atoms with Crippen molar-refractivity contribution >= 4 is 50.9 Å². The lowest BCUT2D eigenvalue weighted by molar-refractivity contribution is -0.117. The lowest BCUT2D eigenvalue weighted by Gasteiger charge is -2.16. The number of imidazole rings is 1. The second-order valence-corrected chi connectivity index (χ2v) is 9.57. The van der Waals surface area contributed by atoms with Crippen LogP contribution in [-0.4, -0.2) is 38.8 Å². The summed E-state index contributed by atoms with van der Waals surface area (Å²) >= 11 is 0. The molecule has 9 heteroatoms. The molecule has 0 spiro atoms. The van der Waals surface area contributed by atoms with Crippen LogP contribution in [0.4, 0.5) is 11.4 Å². The third-order valence-electron chi connectivity index (χ3n) is 7.28. The van der Waals surface area contributed by atoms with Crippen molar-refractivity contribution in [1.29, 1.82) is 0 Å². The molecule has 190 valence electrons. The van der Waals surface area contributed by atoms with Gasteiger partial charge in [0.05, 0.1) is 11.1 Å². The number of carbonyl (C=O) groups excluding carboxylic acids is 3. The zero-order valence-electron chi connectivity index (χ0n) is 21.0. The summed E-state index contributed by atoms with van der Waals surface area (Å²) in [6, 6.07) is 15.2. The van der Waals surface area contributed by atoms with Crippen LogP contribution in [0, 0.1) is 6.92 Å². The van der Waals surface area contributed by atoms with E-state index in [0.717, 1.165) is 45.1 Å². The Labute approximate surface area is 218 Å². The molecule has 1 aliphatic heterocycles. The van der Waals surface area contributed by atoms with Crippen molar-refractivity contribution in [1.82, 2.24) is 14.5 Å². The zero-order valence-corrected chi connectivity index (χ0v) is 21.0.